The molecule has 0 aromatic rings. The smallest absolute Gasteiger partial charge is 0.303 e. The zero-order valence-electron chi connectivity index (χ0n) is 7.49. The third-order valence-corrected chi connectivity index (χ3v) is 2.90. The SMILES string of the molecule is O=C(O)C[C@H]1CCCC12OCCO2. The molecular weight excluding hydrogens is 172 g/mol. The van der Waals surface area contributed by atoms with Crippen molar-refractivity contribution in [3.63, 3.8) is 0 Å². The van der Waals surface area contributed by atoms with Crippen LogP contribution in [0, 0.1) is 5.92 Å². The molecule has 0 bridgehead atoms. The van der Waals surface area contributed by atoms with E-state index in [1.54, 1.807) is 0 Å². The van der Waals surface area contributed by atoms with Gasteiger partial charge < -0.3 is 14.6 Å². The zero-order valence-corrected chi connectivity index (χ0v) is 7.49. The minimum Gasteiger partial charge on any atom is -0.481 e. The summed E-state index contributed by atoms with van der Waals surface area (Å²) in [7, 11) is 0. The van der Waals surface area contributed by atoms with Gasteiger partial charge in [-0.2, -0.15) is 0 Å². The number of carboxylic acids is 1. The topological polar surface area (TPSA) is 55.8 Å². The van der Waals surface area contributed by atoms with Crippen LogP contribution < -0.4 is 0 Å². The highest BCUT2D eigenvalue weighted by molar-refractivity contribution is 5.67. The molecule has 0 unspecified atom stereocenters. The molecule has 4 heteroatoms. The minimum atomic E-state index is -0.759. The fraction of sp³-hybridized carbons (Fsp3) is 0.889. The first-order chi connectivity index (χ1) is 6.23. The monoisotopic (exact) mass is 186 g/mol. The van der Waals surface area contributed by atoms with Crippen molar-refractivity contribution >= 4 is 5.97 Å². The van der Waals surface area contributed by atoms with E-state index in [2.05, 4.69) is 0 Å². The van der Waals surface area contributed by atoms with Crippen LogP contribution in [0.3, 0.4) is 0 Å². The molecule has 0 aromatic heterocycles. The second-order valence-electron chi connectivity index (χ2n) is 3.70. The summed E-state index contributed by atoms with van der Waals surface area (Å²) in [6, 6.07) is 0. The zero-order chi connectivity index (χ0) is 9.31. The highest BCUT2D eigenvalue weighted by Crippen LogP contribution is 2.43. The molecule has 1 spiro atoms. The molecule has 0 radical (unpaired) electrons. The van der Waals surface area contributed by atoms with Crippen LogP contribution in [0.4, 0.5) is 0 Å². The Kier molecular flexibility index (Phi) is 2.26. The highest BCUT2D eigenvalue weighted by atomic mass is 16.7. The third kappa shape index (κ3) is 1.56. The van der Waals surface area contributed by atoms with Gasteiger partial charge in [0.2, 0.25) is 0 Å². The van der Waals surface area contributed by atoms with E-state index in [-0.39, 0.29) is 12.3 Å². The van der Waals surface area contributed by atoms with Gasteiger partial charge in [-0.1, -0.05) is 0 Å². The Balaban J connectivity index is 2.04. The summed E-state index contributed by atoms with van der Waals surface area (Å²) in [5, 5.41) is 8.71. The lowest BCUT2D eigenvalue weighted by Gasteiger charge is -2.28. The Morgan fingerprint density at radius 1 is 1.46 bits per heavy atom. The van der Waals surface area contributed by atoms with Crippen molar-refractivity contribution in [2.24, 2.45) is 5.92 Å². The molecule has 2 aliphatic rings. The van der Waals surface area contributed by atoms with Gasteiger partial charge in [0.15, 0.2) is 5.79 Å². The lowest BCUT2D eigenvalue weighted by Crippen LogP contribution is -2.35. The fourth-order valence-corrected chi connectivity index (χ4v) is 2.34. The van der Waals surface area contributed by atoms with E-state index in [1.807, 2.05) is 0 Å². The molecule has 0 aromatic carbocycles. The fourth-order valence-electron chi connectivity index (χ4n) is 2.34. The molecule has 1 N–H and O–H groups in total. The van der Waals surface area contributed by atoms with E-state index in [9.17, 15) is 4.79 Å². The number of rotatable bonds is 2. The predicted octanol–water partition coefficient (Wildman–Crippen LogP) is 1.00. The Morgan fingerprint density at radius 3 is 2.77 bits per heavy atom. The first-order valence-corrected chi connectivity index (χ1v) is 4.73. The Hall–Kier alpha value is -0.610. The molecule has 1 heterocycles. The average molecular weight is 186 g/mol. The number of carboxylic acid groups (broad SMARTS) is 1. The van der Waals surface area contributed by atoms with Gasteiger partial charge >= 0.3 is 5.97 Å². The maximum absolute atomic E-state index is 10.6. The van der Waals surface area contributed by atoms with Crippen LogP contribution in [0.1, 0.15) is 25.7 Å². The van der Waals surface area contributed by atoms with Crippen molar-refractivity contribution in [1.82, 2.24) is 0 Å². The summed E-state index contributed by atoms with van der Waals surface area (Å²) in [4.78, 5) is 10.6. The Labute approximate surface area is 76.8 Å². The molecule has 0 amide bonds. The normalized spacial score (nSPS) is 31.2. The molecule has 1 aliphatic carbocycles. The summed E-state index contributed by atoms with van der Waals surface area (Å²) >= 11 is 0. The largest absolute Gasteiger partial charge is 0.481 e. The van der Waals surface area contributed by atoms with Gasteiger partial charge in [-0.05, 0) is 12.8 Å². The summed E-state index contributed by atoms with van der Waals surface area (Å²) in [6.07, 6.45) is 2.94. The first-order valence-electron chi connectivity index (χ1n) is 4.73. The number of hydrogen-bond donors (Lipinski definition) is 1. The third-order valence-electron chi connectivity index (χ3n) is 2.90. The quantitative estimate of drug-likeness (QED) is 0.699. The summed E-state index contributed by atoms with van der Waals surface area (Å²) in [5.74, 6) is -1.25. The van der Waals surface area contributed by atoms with Crippen molar-refractivity contribution in [3.8, 4) is 0 Å². The van der Waals surface area contributed by atoms with E-state index in [0.29, 0.717) is 13.2 Å². The second kappa shape index (κ2) is 3.27. The Morgan fingerprint density at radius 2 is 2.15 bits per heavy atom. The lowest BCUT2D eigenvalue weighted by atomic mass is 9.98. The molecule has 2 fully saturated rings. The second-order valence-corrected chi connectivity index (χ2v) is 3.70. The van der Waals surface area contributed by atoms with Crippen LogP contribution in [0.5, 0.6) is 0 Å². The molecule has 74 valence electrons. The maximum Gasteiger partial charge on any atom is 0.303 e. The van der Waals surface area contributed by atoms with E-state index in [4.69, 9.17) is 14.6 Å². The molecule has 1 saturated carbocycles. The Bertz CT molecular complexity index is 202. The van der Waals surface area contributed by atoms with Crippen molar-refractivity contribution in [2.45, 2.75) is 31.5 Å². The van der Waals surface area contributed by atoms with Crippen LogP contribution >= 0.6 is 0 Å². The van der Waals surface area contributed by atoms with Crippen LogP contribution in [0.2, 0.25) is 0 Å². The van der Waals surface area contributed by atoms with Gasteiger partial charge in [0.05, 0.1) is 19.6 Å². The van der Waals surface area contributed by atoms with Gasteiger partial charge in [0, 0.05) is 12.3 Å². The molecule has 1 atom stereocenters. The highest BCUT2D eigenvalue weighted by Gasteiger charge is 2.48. The van der Waals surface area contributed by atoms with Crippen LogP contribution in [-0.4, -0.2) is 30.1 Å². The number of hydrogen-bond acceptors (Lipinski definition) is 3. The molecule has 1 aliphatic heterocycles. The minimum absolute atomic E-state index is 0.0486. The van der Waals surface area contributed by atoms with E-state index < -0.39 is 11.8 Å². The molecule has 13 heavy (non-hydrogen) atoms. The van der Waals surface area contributed by atoms with Crippen LogP contribution in [0.15, 0.2) is 0 Å². The summed E-state index contributed by atoms with van der Waals surface area (Å²) in [6.45, 7) is 1.21. The van der Waals surface area contributed by atoms with Crippen LogP contribution in [0.25, 0.3) is 0 Å². The van der Waals surface area contributed by atoms with Crippen molar-refractivity contribution in [3.05, 3.63) is 0 Å². The summed E-state index contributed by atoms with van der Waals surface area (Å²) < 4.78 is 11.1. The molecule has 1 saturated heterocycles. The van der Waals surface area contributed by atoms with Gasteiger partial charge in [0.1, 0.15) is 0 Å². The van der Waals surface area contributed by atoms with Crippen molar-refractivity contribution < 1.29 is 19.4 Å². The van der Waals surface area contributed by atoms with Gasteiger partial charge in [0.25, 0.3) is 0 Å². The maximum atomic E-state index is 10.6. The van der Waals surface area contributed by atoms with E-state index in [0.717, 1.165) is 19.3 Å². The van der Waals surface area contributed by atoms with Crippen molar-refractivity contribution in [2.75, 3.05) is 13.2 Å². The molecular formula is C9H14O4. The summed E-state index contributed by atoms with van der Waals surface area (Å²) in [5.41, 5.74) is 0. The van der Waals surface area contributed by atoms with E-state index >= 15 is 0 Å². The number of carbonyl (C=O) groups is 1. The van der Waals surface area contributed by atoms with Crippen molar-refractivity contribution in [1.29, 1.82) is 0 Å². The van der Waals surface area contributed by atoms with Gasteiger partial charge in [-0.15, -0.1) is 0 Å². The number of aliphatic carboxylic acids is 1. The standard InChI is InChI=1S/C9H14O4/c10-8(11)6-7-2-1-3-9(7)12-4-5-13-9/h7H,1-6H2,(H,10,11)/t7-/m1/s1. The average Bonchev–Trinajstić information content (AvgIpc) is 2.64. The molecule has 4 nitrogen and oxygen atoms in total. The van der Waals surface area contributed by atoms with Crippen LogP contribution in [-0.2, 0) is 14.3 Å². The molecule has 2 rings (SSSR count). The predicted molar refractivity (Wildman–Crippen MR) is 44.2 cm³/mol. The number of ether oxygens (including phenoxy) is 2. The van der Waals surface area contributed by atoms with Gasteiger partial charge in [-0.25, -0.2) is 0 Å². The first kappa shape index (κ1) is 8.97. The lowest BCUT2D eigenvalue weighted by molar-refractivity contribution is -0.186. The van der Waals surface area contributed by atoms with Gasteiger partial charge in [-0.3, -0.25) is 4.79 Å². The van der Waals surface area contributed by atoms with E-state index in [1.165, 1.54) is 0 Å².